The normalized spacial score (nSPS) is 19.0. The van der Waals surface area contributed by atoms with Crippen LogP contribution in [-0.2, 0) is 5.66 Å². The van der Waals surface area contributed by atoms with Crippen molar-refractivity contribution in [3.8, 4) is 0 Å². The van der Waals surface area contributed by atoms with E-state index >= 15 is 0 Å². The fraction of sp³-hybridized carbons (Fsp3) is 0.0909. The average Bonchev–Trinajstić information content (AvgIpc) is 3.03. The summed E-state index contributed by atoms with van der Waals surface area (Å²) in [4.78, 5) is 9.91. The third-order valence-corrected chi connectivity index (χ3v) is 4.61. The van der Waals surface area contributed by atoms with Crippen LogP contribution in [0.2, 0.25) is 5.02 Å². The van der Waals surface area contributed by atoms with Gasteiger partial charge in [-0.15, -0.1) is 0 Å². The molecule has 0 radical (unpaired) electrons. The van der Waals surface area contributed by atoms with E-state index in [1.165, 1.54) is 0 Å². The Bertz CT molecular complexity index is 963. The van der Waals surface area contributed by atoms with Gasteiger partial charge in [0.25, 0.3) is 0 Å². The summed E-state index contributed by atoms with van der Waals surface area (Å²) in [6, 6.07) is 27.8. The second kappa shape index (κ2) is 6.77. The number of nitrogens with zero attached hydrogens (tertiary/aromatic N) is 2. The molecule has 1 N–H and O–H groups in total. The van der Waals surface area contributed by atoms with Crippen LogP contribution in [0.3, 0.4) is 0 Å². The highest BCUT2D eigenvalue weighted by atomic mass is 35.5. The number of amidine groups is 1. The molecule has 128 valence electrons. The van der Waals surface area contributed by atoms with E-state index in [1.807, 2.05) is 67.6 Å². The van der Waals surface area contributed by atoms with Gasteiger partial charge in [0.05, 0.1) is 0 Å². The number of hydrogen-bond donors (Lipinski definition) is 1. The van der Waals surface area contributed by atoms with Gasteiger partial charge in [-0.3, -0.25) is 0 Å². The molecule has 0 aliphatic carbocycles. The fourth-order valence-electron chi connectivity index (χ4n) is 3.00. The van der Waals surface area contributed by atoms with Gasteiger partial charge in [-0.25, -0.2) is 9.98 Å². The molecule has 4 heteroatoms. The third kappa shape index (κ3) is 3.26. The Morgan fingerprint density at radius 3 is 2.04 bits per heavy atom. The minimum atomic E-state index is -0.652. The van der Waals surface area contributed by atoms with E-state index in [2.05, 4.69) is 29.6 Å². The maximum Gasteiger partial charge on any atom is 0.176 e. The molecule has 1 unspecified atom stereocenters. The van der Waals surface area contributed by atoms with E-state index in [1.54, 1.807) is 0 Å². The molecule has 0 aromatic heterocycles. The quantitative estimate of drug-likeness (QED) is 0.656. The standard InChI is InChI=1S/C22H18ClN3/c1-22(17-10-6-3-7-11-17)25-20(16-8-4-2-5-9-16)21(26-22)24-19-14-12-18(23)13-15-19/h2-15H,1H3,(H,24,26). The summed E-state index contributed by atoms with van der Waals surface area (Å²) in [5, 5.41) is 4.11. The predicted octanol–water partition coefficient (Wildman–Crippen LogP) is 5.53. The topological polar surface area (TPSA) is 36.8 Å². The molecule has 0 amide bonds. The Kier molecular flexibility index (Phi) is 4.31. The molecule has 1 aliphatic heterocycles. The lowest BCUT2D eigenvalue weighted by Gasteiger charge is -2.17. The first kappa shape index (κ1) is 16.6. The first-order valence-corrected chi connectivity index (χ1v) is 8.85. The van der Waals surface area contributed by atoms with Crippen molar-refractivity contribution in [3.05, 3.63) is 101 Å². The monoisotopic (exact) mass is 359 g/mol. The maximum atomic E-state index is 6.00. The number of hydrogen-bond acceptors (Lipinski definition) is 3. The molecule has 0 saturated carbocycles. The van der Waals surface area contributed by atoms with Gasteiger partial charge in [-0.2, -0.15) is 0 Å². The van der Waals surface area contributed by atoms with Crippen LogP contribution >= 0.6 is 11.6 Å². The van der Waals surface area contributed by atoms with Crippen molar-refractivity contribution in [2.75, 3.05) is 5.32 Å². The molecule has 0 spiro atoms. The summed E-state index contributed by atoms with van der Waals surface area (Å²) in [7, 11) is 0. The van der Waals surface area contributed by atoms with Gasteiger partial charge in [0.15, 0.2) is 11.5 Å². The Morgan fingerprint density at radius 1 is 0.769 bits per heavy atom. The second-order valence-electron chi connectivity index (χ2n) is 6.31. The van der Waals surface area contributed by atoms with Gasteiger partial charge in [0.2, 0.25) is 0 Å². The van der Waals surface area contributed by atoms with Crippen LogP contribution < -0.4 is 5.32 Å². The Labute approximate surface area is 158 Å². The van der Waals surface area contributed by atoms with Crippen molar-refractivity contribution in [2.24, 2.45) is 9.98 Å². The van der Waals surface area contributed by atoms with Crippen LogP contribution in [-0.4, -0.2) is 11.5 Å². The highest BCUT2D eigenvalue weighted by molar-refractivity contribution is 6.52. The van der Waals surface area contributed by atoms with Crippen molar-refractivity contribution in [2.45, 2.75) is 12.6 Å². The lowest BCUT2D eigenvalue weighted by Crippen LogP contribution is -2.21. The molecule has 1 aliphatic rings. The summed E-state index contributed by atoms with van der Waals surface area (Å²) in [5.41, 5.74) is 3.22. The zero-order valence-electron chi connectivity index (χ0n) is 14.4. The predicted molar refractivity (Wildman–Crippen MR) is 109 cm³/mol. The van der Waals surface area contributed by atoms with Crippen LogP contribution in [0.25, 0.3) is 0 Å². The summed E-state index contributed by atoms with van der Waals surface area (Å²) in [6.45, 7) is 2.03. The maximum absolute atomic E-state index is 6.00. The van der Waals surface area contributed by atoms with Gasteiger partial charge in [-0.05, 0) is 31.2 Å². The molecule has 1 heterocycles. The van der Waals surface area contributed by atoms with Crippen LogP contribution in [0.15, 0.2) is 94.9 Å². The summed E-state index contributed by atoms with van der Waals surface area (Å²) >= 11 is 6.00. The first-order chi connectivity index (χ1) is 12.6. The van der Waals surface area contributed by atoms with Crippen molar-refractivity contribution >= 4 is 28.8 Å². The highest BCUT2D eigenvalue weighted by Crippen LogP contribution is 2.33. The van der Waals surface area contributed by atoms with Crippen molar-refractivity contribution in [1.82, 2.24) is 0 Å². The molecule has 1 atom stereocenters. The van der Waals surface area contributed by atoms with E-state index in [-0.39, 0.29) is 0 Å². The van der Waals surface area contributed by atoms with E-state index < -0.39 is 5.66 Å². The molecule has 0 bridgehead atoms. The molecule has 0 saturated heterocycles. The minimum Gasteiger partial charge on any atom is -0.339 e. The number of benzene rings is 3. The van der Waals surface area contributed by atoms with Gasteiger partial charge in [0.1, 0.15) is 5.71 Å². The Balaban J connectivity index is 1.77. The smallest absolute Gasteiger partial charge is 0.176 e. The molecule has 26 heavy (non-hydrogen) atoms. The lowest BCUT2D eigenvalue weighted by molar-refractivity contribution is 0.541. The SMILES string of the molecule is CC1(c2ccccc2)N=C(Nc2ccc(Cl)cc2)C(c2ccccc2)=N1. The Hall–Kier alpha value is -2.91. The molecular weight excluding hydrogens is 342 g/mol. The molecule has 3 aromatic carbocycles. The molecular formula is C22H18ClN3. The van der Waals surface area contributed by atoms with Crippen LogP contribution in [0, 0.1) is 0 Å². The van der Waals surface area contributed by atoms with Gasteiger partial charge in [-0.1, -0.05) is 72.3 Å². The van der Waals surface area contributed by atoms with Crippen LogP contribution in [0.1, 0.15) is 18.1 Å². The van der Waals surface area contributed by atoms with E-state index in [9.17, 15) is 0 Å². The minimum absolute atomic E-state index is 0.652. The lowest BCUT2D eigenvalue weighted by atomic mass is 10.0. The van der Waals surface area contributed by atoms with Crippen LogP contribution in [0.5, 0.6) is 0 Å². The molecule has 4 rings (SSSR count). The van der Waals surface area contributed by atoms with E-state index in [0.29, 0.717) is 5.02 Å². The first-order valence-electron chi connectivity index (χ1n) is 8.48. The van der Waals surface area contributed by atoms with Gasteiger partial charge < -0.3 is 5.32 Å². The Morgan fingerprint density at radius 2 is 1.38 bits per heavy atom. The second-order valence-corrected chi connectivity index (χ2v) is 6.74. The largest absolute Gasteiger partial charge is 0.339 e. The fourth-order valence-corrected chi connectivity index (χ4v) is 3.13. The zero-order chi connectivity index (χ0) is 18.0. The number of halogens is 1. The molecule has 3 nitrogen and oxygen atoms in total. The number of aliphatic imine (C=N–C) groups is 2. The van der Waals surface area contributed by atoms with Gasteiger partial charge in [0, 0.05) is 21.8 Å². The highest BCUT2D eigenvalue weighted by Gasteiger charge is 2.33. The van der Waals surface area contributed by atoms with Crippen molar-refractivity contribution < 1.29 is 0 Å². The van der Waals surface area contributed by atoms with Crippen molar-refractivity contribution in [3.63, 3.8) is 0 Å². The van der Waals surface area contributed by atoms with E-state index in [4.69, 9.17) is 21.6 Å². The van der Waals surface area contributed by atoms with Crippen molar-refractivity contribution in [1.29, 1.82) is 0 Å². The number of nitrogens with one attached hydrogen (secondary N) is 1. The zero-order valence-corrected chi connectivity index (χ0v) is 15.1. The third-order valence-electron chi connectivity index (χ3n) is 4.36. The summed E-state index contributed by atoms with van der Waals surface area (Å²) in [6.07, 6.45) is 0. The summed E-state index contributed by atoms with van der Waals surface area (Å²) in [5.74, 6) is 0.755. The molecule has 3 aromatic rings. The van der Waals surface area contributed by atoms with Crippen LogP contribution in [0.4, 0.5) is 5.69 Å². The summed E-state index contributed by atoms with van der Waals surface area (Å²) < 4.78 is 0. The average molecular weight is 360 g/mol. The molecule has 0 fully saturated rings. The number of rotatable bonds is 3. The van der Waals surface area contributed by atoms with Gasteiger partial charge >= 0.3 is 0 Å². The van der Waals surface area contributed by atoms with E-state index in [0.717, 1.165) is 28.4 Å². The number of anilines is 1.